The predicted molar refractivity (Wildman–Crippen MR) is 55.8 cm³/mol. The van der Waals surface area contributed by atoms with E-state index in [-0.39, 0.29) is 17.5 Å². The van der Waals surface area contributed by atoms with Gasteiger partial charge in [0.2, 0.25) is 0 Å². The standard InChI is InChI=1S/C10H9Cl2FO/c1-6-4-7(2-3-9(6)13)10(14)8(12)5-11/h2-4,8H,5H2,1H3. The first-order chi connectivity index (χ1) is 6.56. The Morgan fingerprint density at radius 1 is 1.57 bits per heavy atom. The predicted octanol–water partition coefficient (Wildman–Crippen LogP) is 3.16. The topological polar surface area (TPSA) is 17.1 Å². The second-order valence-electron chi connectivity index (χ2n) is 2.95. The molecule has 1 nitrogen and oxygen atoms in total. The summed E-state index contributed by atoms with van der Waals surface area (Å²) in [7, 11) is 0. The van der Waals surface area contributed by atoms with Crippen LogP contribution >= 0.6 is 23.2 Å². The van der Waals surface area contributed by atoms with Gasteiger partial charge in [-0.25, -0.2) is 4.39 Å². The van der Waals surface area contributed by atoms with Crippen molar-refractivity contribution in [3.63, 3.8) is 0 Å². The fourth-order valence-corrected chi connectivity index (χ4v) is 1.32. The van der Waals surface area contributed by atoms with Gasteiger partial charge in [0.05, 0.1) is 0 Å². The van der Waals surface area contributed by atoms with E-state index in [0.29, 0.717) is 11.1 Å². The number of Topliss-reactive ketones (excluding diaryl/α,β-unsaturated/α-hetero) is 1. The van der Waals surface area contributed by atoms with Crippen molar-refractivity contribution >= 4 is 29.0 Å². The van der Waals surface area contributed by atoms with Crippen LogP contribution in [0.3, 0.4) is 0 Å². The zero-order chi connectivity index (χ0) is 10.7. The number of alkyl halides is 2. The molecule has 0 spiro atoms. The van der Waals surface area contributed by atoms with Gasteiger partial charge in [-0.3, -0.25) is 4.79 Å². The Morgan fingerprint density at radius 3 is 2.71 bits per heavy atom. The Morgan fingerprint density at radius 2 is 2.21 bits per heavy atom. The SMILES string of the molecule is Cc1cc(C(=O)C(Cl)CCl)ccc1F. The Balaban J connectivity index is 2.97. The van der Waals surface area contributed by atoms with Crippen molar-refractivity contribution in [2.24, 2.45) is 0 Å². The van der Waals surface area contributed by atoms with Gasteiger partial charge >= 0.3 is 0 Å². The average molecular weight is 235 g/mol. The number of benzene rings is 1. The number of halogens is 3. The lowest BCUT2D eigenvalue weighted by molar-refractivity contribution is 0.0992. The molecule has 0 heterocycles. The maximum Gasteiger partial charge on any atom is 0.181 e. The molecule has 14 heavy (non-hydrogen) atoms. The molecule has 0 aliphatic heterocycles. The van der Waals surface area contributed by atoms with Gasteiger partial charge < -0.3 is 0 Å². The van der Waals surface area contributed by atoms with Gasteiger partial charge in [0.25, 0.3) is 0 Å². The monoisotopic (exact) mass is 234 g/mol. The van der Waals surface area contributed by atoms with Gasteiger partial charge in [0, 0.05) is 11.4 Å². The quantitative estimate of drug-likeness (QED) is 0.580. The number of carbonyl (C=O) groups is 1. The smallest absolute Gasteiger partial charge is 0.181 e. The minimum atomic E-state index is -0.749. The van der Waals surface area contributed by atoms with Crippen LogP contribution in [-0.2, 0) is 0 Å². The van der Waals surface area contributed by atoms with Crippen LogP contribution in [0, 0.1) is 12.7 Å². The molecular weight excluding hydrogens is 226 g/mol. The molecule has 1 unspecified atom stereocenters. The van der Waals surface area contributed by atoms with Crippen molar-refractivity contribution < 1.29 is 9.18 Å². The van der Waals surface area contributed by atoms with Crippen molar-refractivity contribution in [2.75, 3.05) is 5.88 Å². The summed E-state index contributed by atoms with van der Waals surface area (Å²) in [5.74, 6) is -0.556. The fourth-order valence-electron chi connectivity index (χ4n) is 1.05. The summed E-state index contributed by atoms with van der Waals surface area (Å²) >= 11 is 11.1. The lowest BCUT2D eigenvalue weighted by atomic mass is 10.1. The van der Waals surface area contributed by atoms with Crippen LogP contribution in [0.15, 0.2) is 18.2 Å². The number of hydrogen-bond donors (Lipinski definition) is 0. The molecule has 0 aliphatic rings. The molecule has 1 aromatic carbocycles. The molecule has 76 valence electrons. The first-order valence-electron chi connectivity index (χ1n) is 4.06. The molecular formula is C10H9Cl2FO. The van der Waals surface area contributed by atoms with E-state index in [9.17, 15) is 9.18 Å². The van der Waals surface area contributed by atoms with E-state index in [1.54, 1.807) is 6.92 Å². The third-order valence-corrected chi connectivity index (χ3v) is 2.68. The molecule has 1 rings (SSSR count). The van der Waals surface area contributed by atoms with Gasteiger partial charge in [0.15, 0.2) is 5.78 Å². The maximum atomic E-state index is 12.9. The Hall–Kier alpha value is -0.600. The van der Waals surface area contributed by atoms with E-state index in [2.05, 4.69) is 0 Å². The third kappa shape index (κ3) is 2.46. The van der Waals surface area contributed by atoms with E-state index in [0.717, 1.165) is 0 Å². The van der Waals surface area contributed by atoms with Gasteiger partial charge in [0.1, 0.15) is 11.2 Å². The Bertz CT molecular complexity index is 352. The number of ketones is 1. The molecule has 0 radical (unpaired) electrons. The summed E-state index contributed by atoms with van der Waals surface area (Å²) in [4.78, 5) is 11.5. The summed E-state index contributed by atoms with van der Waals surface area (Å²) < 4.78 is 12.9. The summed E-state index contributed by atoms with van der Waals surface area (Å²) in [6.45, 7) is 1.59. The van der Waals surface area contributed by atoms with E-state index >= 15 is 0 Å². The van der Waals surface area contributed by atoms with Crippen LogP contribution in [0.4, 0.5) is 4.39 Å². The Kier molecular flexibility index (Phi) is 3.90. The molecule has 1 aromatic rings. The lowest BCUT2D eigenvalue weighted by Crippen LogP contribution is -2.16. The fraction of sp³-hybridized carbons (Fsp3) is 0.300. The zero-order valence-corrected chi connectivity index (χ0v) is 9.07. The normalized spacial score (nSPS) is 12.6. The first kappa shape index (κ1) is 11.5. The second kappa shape index (κ2) is 4.76. The van der Waals surface area contributed by atoms with E-state index in [1.165, 1.54) is 18.2 Å². The number of hydrogen-bond acceptors (Lipinski definition) is 1. The number of aryl methyl sites for hydroxylation is 1. The molecule has 1 atom stereocenters. The van der Waals surface area contributed by atoms with E-state index in [1.807, 2.05) is 0 Å². The highest BCUT2D eigenvalue weighted by Crippen LogP contribution is 2.14. The average Bonchev–Trinajstić information content (AvgIpc) is 2.20. The summed E-state index contributed by atoms with van der Waals surface area (Å²) in [6.07, 6.45) is 0. The number of rotatable bonds is 3. The van der Waals surface area contributed by atoms with Crippen LogP contribution in [0.5, 0.6) is 0 Å². The molecule has 0 bridgehead atoms. The third-order valence-electron chi connectivity index (χ3n) is 1.86. The van der Waals surface area contributed by atoms with Crippen molar-refractivity contribution in [1.29, 1.82) is 0 Å². The molecule has 0 fully saturated rings. The van der Waals surface area contributed by atoms with Gasteiger partial charge in [-0.05, 0) is 30.7 Å². The largest absolute Gasteiger partial charge is 0.292 e. The Labute approximate surface area is 91.8 Å². The van der Waals surface area contributed by atoms with E-state index in [4.69, 9.17) is 23.2 Å². The van der Waals surface area contributed by atoms with Crippen molar-refractivity contribution in [2.45, 2.75) is 12.3 Å². The highest BCUT2D eigenvalue weighted by atomic mass is 35.5. The molecule has 0 aliphatic carbocycles. The molecule has 0 aromatic heterocycles. The minimum absolute atomic E-state index is 0.0524. The zero-order valence-electron chi connectivity index (χ0n) is 7.56. The van der Waals surface area contributed by atoms with Crippen LogP contribution < -0.4 is 0 Å². The van der Waals surface area contributed by atoms with Crippen molar-refractivity contribution in [1.82, 2.24) is 0 Å². The second-order valence-corrected chi connectivity index (χ2v) is 3.79. The highest BCUT2D eigenvalue weighted by molar-refractivity contribution is 6.38. The van der Waals surface area contributed by atoms with Crippen LogP contribution in [0.25, 0.3) is 0 Å². The first-order valence-corrected chi connectivity index (χ1v) is 5.03. The van der Waals surface area contributed by atoms with E-state index < -0.39 is 5.38 Å². The lowest BCUT2D eigenvalue weighted by Gasteiger charge is -2.05. The van der Waals surface area contributed by atoms with Crippen LogP contribution in [0.2, 0.25) is 0 Å². The van der Waals surface area contributed by atoms with Crippen LogP contribution in [0.1, 0.15) is 15.9 Å². The molecule has 0 N–H and O–H groups in total. The van der Waals surface area contributed by atoms with Crippen LogP contribution in [-0.4, -0.2) is 17.0 Å². The molecule has 0 amide bonds. The molecule has 0 saturated heterocycles. The van der Waals surface area contributed by atoms with Crippen molar-refractivity contribution in [3.05, 3.63) is 35.1 Å². The minimum Gasteiger partial charge on any atom is -0.292 e. The maximum absolute atomic E-state index is 12.9. The summed E-state index contributed by atoms with van der Waals surface area (Å²) in [5.41, 5.74) is 0.818. The summed E-state index contributed by atoms with van der Waals surface area (Å²) in [5, 5.41) is -0.749. The number of carbonyl (C=O) groups excluding carboxylic acids is 1. The van der Waals surface area contributed by atoms with Crippen molar-refractivity contribution in [3.8, 4) is 0 Å². The van der Waals surface area contributed by atoms with Gasteiger partial charge in [-0.15, -0.1) is 23.2 Å². The van der Waals surface area contributed by atoms with Gasteiger partial charge in [-0.1, -0.05) is 0 Å². The van der Waals surface area contributed by atoms with Gasteiger partial charge in [-0.2, -0.15) is 0 Å². The summed E-state index contributed by atoms with van der Waals surface area (Å²) in [6, 6.07) is 4.13. The molecule has 0 saturated carbocycles. The highest BCUT2D eigenvalue weighted by Gasteiger charge is 2.16. The molecule has 4 heteroatoms.